The van der Waals surface area contributed by atoms with Crippen molar-refractivity contribution in [2.45, 2.75) is 17.8 Å². The Morgan fingerprint density at radius 2 is 1.86 bits per heavy atom. The number of carbonyl (C=O) groups is 1. The van der Waals surface area contributed by atoms with E-state index in [1.165, 1.54) is 16.4 Å². The Hall–Kier alpha value is -3.52. The number of furan rings is 1. The molecule has 8 heteroatoms. The van der Waals surface area contributed by atoms with Crippen molar-refractivity contribution in [3.05, 3.63) is 83.8 Å². The number of rotatable bonds is 6. The first kappa shape index (κ1) is 18.8. The summed E-state index contributed by atoms with van der Waals surface area (Å²) in [5.41, 5.74) is 3.24. The average Bonchev–Trinajstić information content (AvgIpc) is 3.32. The number of aromatic nitrogens is 3. The smallest absolute Gasteiger partial charge is 0.255 e. The average molecular weight is 405 g/mol. The minimum atomic E-state index is -0.141. The molecular formula is C21H19N5O2S. The second-order valence-electron chi connectivity index (χ2n) is 6.37. The molecule has 1 amide bonds. The van der Waals surface area contributed by atoms with Gasteiger partial charge in [0.15, 0.2) is 5.82 Å². The molecule has 146 valence electrons. The van der Waals surface area contributed by atoms with E-state index >= 15 is 0 Å². The minimum Gasteiger partial charge on any atom is -0.469 e. The lowest BCUT2D eigenvalue weighted by atomic mass is 10.1. The zero-order chi connectivity index (χ0) is 20.2. The van der Waals surface area contributed by atoms with Gasteiger partial charge in [0.25, 0.3) is 5.91 Å². The molecule has 0 bridgehead atoms. The molecule has 7 nitrogen and oxygen atoms in total. The van der Waals surface area contributed by atoms with Gasteiger partial charge in [0, 0.05) is 17.0 Å². The highest BCUT2D eigenvalue weighted by atomic mass is 32.2. The molecule has 3 N–H and O–H groups in total. The zero-order valence-electron chi connectivity index (χ0n) is 15.7. The Morgan fingerprint density at radius 3 is 2.55 bits per heavy atom. The van der Waals surface area contributed by atoms with E-state index < -0.39 is 0 Å². The molecule has 0 aliphatic carbocycles. The van der Waals surface area contributed by atoms with Crippen molar-refractivity contribution in [1.82, 2.24) is 14.9 Å². The molecule has 2 heterocycles. The summed E-state index contributed by atoms with van der Waals surface area (Å²) < 4.78 is 6.77. The molecule has 0 atom stereocenters. The Morgan fingerprint density at radius 1 is 1.10 bits per heavy atom. The first-order chi connectivity index (χ1) is 14.1. The van der Waals surface area contributed by atoms with Gasteiger partial charge in [-0.05, 0) is 42.8 Å². The van der Waals surface area contributed by atoms with Crippen molar-refractivity contribution < 1.29 is 9.21 Å². The number of aryl methyl sites for hydroxylation is 1. The van der Waals surface area contributed by atoms with Gasteiger partial charge in [-0.3, -0.25) is 4.79 Å². The summed E-state index contributed by atoms with van der Waals surface area (Å²) >= 11 is 1.47. The van der Waals surface area contributed by atoms with Gasteiger partial charge >= 0.3 is 0 Å². The van der Waals surface area contributed by atoms with E-state index in [9.17, 15) is 4.79 Å². The number of nitrogen functional groups attached to an aromatic ring is 1. The van der Waals surface area contributed by atoms with Crippen LogP contribution in [-0.2, 0) is 5.75 Å². The van der Waals surface area contributed by atoms with Crippen LogP contribution >= 0.6 is 11.8 Å². The molecule has 0 spiro atoms. The molecule has 2 aromatic carbocycles. The van der Waals surface area contributed by atoms with Gasteiger partial charge in [-0.1, -0.05) is 42.1 Å². The highest BCUT2D eigenvalue weighted by molar-refractivity contribution is 7.98. The first-order valence-electron chi connectivity index (χ1n) is 8.95. The fraction of sp³-hybridized carbons (Fsp3) is 0.0952. The largest absolute Gasteiger partial charge is 0.469 e. The number of amides is 1. The number of anilines is 1. The molecule has 0 aliphatic rings. The molecule has 0 saturated carbocycles. The number of nitrogens with zero attached hydrogens (tertiary/aromatic N) is 3. The third kappa shape index (κ3) is 4.17. The summed E-state index contributed by atoms with van der Waals surface area (Å²) in [6, 6.07) is 18.6. The summed E-state index contributed by atoms with van der Waals surface area (Å²) in [4.78, 5) is 12.3. The number of nitrogens with one attached hydrogen (secondary N) is 1. The van der Waals surface area contributed by atoms with Crippen molar-refractivity contribution in [2.75, 3.05) is 11.2 Å². The number of carbonyl (C=O) groups excluding carboxylic acids is 1. The van der Waals surface area contributed by atoms with Gasteiger partial charge in [-0.25, -0.2) is 4.68 Å². The number of thioether (sulfide) groups is 1. The van der Waals surface area contributed by atoms with Crippen molar-refractivity contribution >= 4 is 23.4 Å². The van der Waals surface area contributed by atoms with Crippen LogP contribution in [0.1, 0.15) is 21.7 Å². The maximum Gasteiger partial charge on any atom is 0.255 e. The van der Waals surface area contributed by atoms with Crippen LogP contribution in [0.3, 0.4) is 0 Å². The number of hydrogen-bond donors (Lipinski definition) is 2. The second kappa shape index (κ2) is 8.24. The van der Waals surface area contributed by atoms with Crippen molar-refractivity contribution in [2.24, 2.45) is 0 Å². The molecule has 29 heavy (non-hydrogen) atoms. The Labute approximate surface area is 171 Å². The molecule has 0 saturated heterocycles. The van der Waals surface area contributed by atoms with E-state index in [1.807, 2.05) is 67.6 Å². The molecule has 0 aliphatic heterocycles. The predicted octanol–water partition coefficient (Wildman–Crippen LogP) is 4.10. The van der Waals surface area contributed by atoms with Crippen LogP contribution in [0.25, 0.3) is 11.4 Å². The molecular weight excluding hydrogens is 386 g/mol. The van der Waals surface area contributed by atoms with E-state index in [4.69, 9.17) is 10.3 Å². The molecule has 0 unspecified atom stereocenters. The fourth-order valence-electron chi connectivity index (χ4n) is 2.80. The molecule has 4 aromatic rings. The molecule has 0 radical (unpaired) electrons. The molecule has 2 aromatic heterocycles. The van der Waals surface area contributed by atoms with E-state index in [0.29, 0.717) is 22.3 Å². The number of nitrogens with two attached hydrogens (primary N) is 1. The van der Waals surface area contributed by atoms with Crippen molar-refractivity contribution in [3.8, 4) is 11.4 Å². The normalized spacial score (nSPS) is 10.8. The third-order valence-corrected chi connectivity index (χ3v) is 5.39. The van der Waals surface area contributed by atoms with Crippen LogP contribution in [0.4, 0.5) is 5.69 Å². The van der Waals surface area contributed by atoms with Crippen LogP contribution in [0.5, 0.6) is 0 Å². The summed E-state index contributed by atoms with van der Waals surface area (Å²) in [5, 5.41) is 11.8. The van der Waals surface area contributed by atoms with E-state index in [1.54, 1.807) is 6.26 Å². The second-order valence-corrected chi connectivity index (χ2v) is 7.31. The molecule has 4 rings (SSSR count). The number of para-hydroxylation sites is 1. The maximum atomic E-state index is 12.3. The standard InChI is InChI=1S/C21H19N5O2S/c1-14-18(11-12-28-14)19-24-25-21(26(19)22)29-13-15-7-9-16(10-8-15)20(27)23-17-5-3-2-4-6-17/h2-12H,13,22H2,1H3,(H,23,27). The highest BCUT2D eigenvalue weighted by Crippen LogP contribution is 2.26. The zero-order valence-corrected chi connectivity index (χ0v) is 16.5. The predicted molar refractivity (Wildman–Crippen MR) is 113 cm³/mol. The Bertz CT molecular complexity index is 1120. The quantitative estimate of drug-likeness (QED) is 0.370. The SMILES string of the molecule is Cc1occc1-c1nnc(SCc2ccc(C(=O)Nc3ccccc3)cc2)n1N. The van der Waals surface area contributed by atoms with Gasteiger partial charge in [0.2, 0.25) is 5.16 Å². The lowest BCUT2D eigenvalue weighted by Gasteiger charge is -2.06. The topological polar surface area (TPSA) is 99.0 Å². The van der Waals surface area contributed by atoms with Crippen LogP contribution in [0.2, 0.25) is 0 Å². The van der Waals surface area contributed by atoms with Crippen LogP contribution in [0, 0.1) is 6.92 Å². The van der Waals surface area contributed by atoms with Gasteiger partial charge < -0.3 is 15.6 Å². The lowest BCUT2D eigenvalue weighted by Crippen LogP contribution is -2.12. The van der Waals surface area contributed by atoms with Gasteiger partial charge in [0.05, 0.1) is 11.8 Å². The van der Waals surface area contributed by atoms with E-state index in [-0.39, 0.29) is 5.91 Å². The van der Waals surface area contributed by atoms with Crippen LogP contribution < -0.4 is 11.2 Å². The highest BCUT2D eigenvalue weighted by Gasteiger charge is 2.15. The van der Waals surface area contributed by atoms with Crippen LogP contribution in [-0.4, -0.2) is 20.8 Å². The molecule has 0 fully saturated rings. The van der Waals surface area contributed by atoms with Gasteiger partial charge in [-0.2, -0.15) is 0 Å². The Balaban J connectivity index is 1.39. The minimum absolute atomic E-state index is 0.141. The number of benzene rings is 2. The van der Waals surface area contributed by atoms with Crippen LogP contribution in [0.15, 0.2) is 76.5 Å². The van der Waals surface area contributed by atoms with Crippen molar-refractivity contribution in [1.29, 1.82) is 0 Å². The Kier molecular flexibility index (Phi) is 5.35. The summed E-state index contributed by atoms with van der Waals surface area (Å²) in [7, 11) is 0. The summed E-state index contributed by atoms with van der Waals surface area (Å²) in [6.07, 6.45) is 1.60. The lowest BCUT2D eigenvalue weighted by molar-refractivity contribution is 0.102. The monoisotopic (exact) mass is 405 g/mol. The van der Waals surface area contributed by atoms with E-state index in [0.717, 1.165) is 22.6 Å². The van der Waals surface area contributed by atoms with Gasteiger partial charge in [-0.15, -0.1) is 10.2 Å². The number of hydrogen-bond acceptors (Lipinski definition) is 6. The van der Waals surface area contributed by atoms with Crippen molar-refractivity contribution in [3.63, 3.8) is 0 Å². The maximum absolute atomic E-state index is 12.3. The first-order valence-corrected chi connectivity index (χ1v) is 9.93. The van der Waals surface area contributed by atoms with Gasteiger partial charge in [0.1, 0.15) is 5.76 Å². The van der Waals surface area contributed by atoms with E-state index in [2.05, 4.69) is 15.5 Å². The third-order valence-electron chi connectivity index (χ3n) is 4.38. The summed E-state index contributed by atoms with van der Waals surface area (Å²) in [6.45, 7) is 1.85. The summed E-state index contributed by atoms with van der Waals surface area (Å²) in [5.74, 6) is 7.96. The fourth-order valence-corrected chi connectivity index (χ4v) is 3.61.